The minimum Gasteiger partial charge on any atom is -0.351 e. The number of amidine groups is 1. The Labute approximate surface area is 84.5 Å². The number of nitrogens with one attached hydrogen (secondary N) is 1. The third-order valence-electron chi connectivity index (χ3n) is 1.89. The first kappa shape index (κ1) is 10.3. The highest BCUT2D eigenvalue weighted by Crippen LogP contribution is 2.01. The molecule has 1 N–H and O–H groups in total. The van der Waals surface area contributed by atoms with Crippen LogP contribution in [0.3, 0.4) is 0 Å². The van der Waals surface area contributed by atoms with Crippen LogP contribution in [0.4, 0.5) is 0 Å². The summed E-state index contributed by atoms with van der Waals surface area (Å²) >= 11 is 0. The highest BCUT2D eigenvalue weighted by atomic mass is 15.0. The molecule has 0 saturated carbocycles. The van der Waals surface area contributed by atoms with Gasteiger partial charge in [0.2, 0.25) is 0 Å². The quantitative estimate of drug-likeness (QED) is 0.570. The summed E-state index contributed by atoms with van der Waals surface area (Å²) in [5.74, 6) is 0.793. The molecule has 1 aromatic rings. The van der Waals surface area contributed by atoms with Crippen molar-refractivity contribution < 1.29 is 0 Å². The van der Waals surface area contributed by atoms with E-state index in [0.717, 1.165) is 11.5 Å². The highest BCUT2D eigenvalue weighted by Gasteiger charge is 1.91. The fourth-order valence-corrected chi connectivity index (χ4v) is 1.10. The predicted molar refractivity (Wildman–Crippen MR) is 61.1 cm³/mol. The molecule has 0 aliphatic rings. The van der Waals surface area contributed by atoms with Gasteiger partial charge < -0.3 is 9.88 Å². The Morgan fingerprint density at radius 1 is 1.64 bits per heavy atom. The van der Waals surface area contributed by atoms with Gasteiger partial charge in [-0.25, -0.2) is 0 Å². The molecule has 0 amide bonds. The summed E-state index contributed by atoms with van der Waals surface area (Å²) in [5, 5.41) is 2.93. The predicted octanol–water partition coefficient (Wildman–Crippen LogP) is 1.80. The standard InChI is InChI=1S/C11H15N3/c1-4-13-11(12-2)8-7-10-6-5-9-14(10)3/h4-9H,1H2,2-3H3,(H,12,13)/b8-7+. The van der Waals surface area contributed by atoms with Crippen LogP contribution >= 0.6 is 0 Å². The van der Waals surface area contributed by atoms with Crippen LogP contribution in [0.25, 0.3) is 6.08 Å². The first-order valence-corrected chi connectivity index (χ1v) is 4.41. The van der Waals surface area contributed by atoms with Crippen LogP contribution in [0.5, 0.6) is 0 Å². The lowest BCUT2D eigenvalue weighted by molar-refractivity contribution is 0.915. The van der Waals surface area contributed by atoms with Gasteiger partial charge in [0.15, 0.2) is 0 Å². The summed E-state index contributed by atoms with van der Waals surface area (Å²) in [6.07, 6.45) is 7.52. The molecule has 3 nitrogen and oxygen atoms in total. The molecule has 0 aliphatic heterocycles. The van der Waals surface area contributed by atoms with Crippen LogP contribution in [0.15, 0.2) is 42.2 Å². The summed E-state index contributed by atoms with van der Waals surface area (Å²) in [4.78, 5) is 4.05. The molecule has 0 fully saturated rings. The minimum atomic E-state index is 0.793. The second-order valence-electron chi connectivity index (χ2n) is 2.83. The van der Waals surface area contributed by atoms with Gasteiger partial charge in [-0.2, -0.15) is 0 Å². The number of aryl methyl sites for hydroxylation is 1. The molecule has 3 heteroatoms. The van der Waals surface area contributed by atoms with E-state index in [0.29, 0.717) is 0 Å². The minimum absolute atomic E-state index is 0.793. The van der Waals surface area contributed by atoms with E-state index in [9.17, 15) is 0 Å². The molecule has 1 rings (SSSR count). The van der Waals surface area contributed by atoms with Gasteiger partial charge in [-0.05, 0) is 30.5 Å². The number of rotatable bonds is 3. The van der Waals surface area contributed by atoms with Crippen molar-refractivity contribution in [2.75, 3.05) is 7.05 Å². The molecular formula is C11H15N3. The molecule has 0 bridgehead atoms. The average Bonchev–Trinajstić information content (AvgIpc) is 2.59. The zero-order valence-electron chi connectivity index (χ0n) is 8.57. The molecule has 14 heavy (non-hydrogen) atoms. The second-order valence-corrected chi connectivity index (χ2v) is 2.83. The lowest BCUT2D eigenvalue weighted by atomic mass is 10.3. The van der Waals surface area contributed by atoms with Crippen molar-refractivity contribution in [1.29, 1.82) is 0 Å². The summed E-state index contributed by atoms with van der Waals surface area (Å²) in [5.41, 5.74) is 1.14. The van der Waals surface area contributed by atoms with Gasteiger partial charge >= 0.3 is 0 Å². The first-order valence-electron chi connectivity index (χ1n) is 4.41. The number of aromatic nitrogens is 1. The van der Waals surface area contributed by atoms with Gasteiger partial charge in [-0.1, -0.05) is 6.58 Å². The maximum Gasteiger partial charge on any atom is 0.124 e. The van der Waals surface area contributed by atoms with Gasteiger partial charge in [0.05, 0.1) is 0 Å². The summed E-state index contributed by atoms with van der Waals surface area (Å²) < 4.78 is 2.04. The first-order chi connectivity index (χ1) is 6.77. The van der Waals surface area contributed by atoms with Crippen molar-refractivity contribution in [2.45, 2.75) is 0 Å². The smallest absolute Gasteiger partial charge is 0.124 e. The van der Waals surface area contributed by atoms with E-state index in [1.807, 2.05) is 42.1 Å². The Morgan fingerprint density at radius 3 is 2.93 bits per heavy atom. The van der Waals surface area contributed by atoms with E-state index in [2.05, 4.69) is 16.9 Å². The zero-order valence-corrected chi connectivity index (χ0v) is 8.57. The van der Waals surface area contributed by atoms with Gasteiger partial charge in [0, 0.05) is 26.0 Å². The molecule has 0 spiro atoms. The number of hydrogen-bond acceptors (Lipinski definition) is 1. The van der Waals surface area contributed by atoms with Crippen LogP contribution in [-0.4, -0.2) is 17.5 Å². The molecule has 0 radical (unpaired) electrons. The van der Waals surface area contributed by atoms with Crippen LogP contribution < -0.4 is 5.32 Å². The summed E-state index contributed by atoms with van der Waals surface area (Å²) in [6.45, 7) is 3.58. The Balaban J connectivity index is 2.72. The Morgan fingerprint density at radius 2 is 2.43 bits per heavy atom. The molecule has 0 saturated heterocycles. The van der Waals surface area contributed by atoms with E-state index in [-0.39, 0.29) is 0 Å². The Hall–Kier alpha value is -1.77. The molecule has 74 valence electrons. The topological polar surface area (TPSA) is 29.3 Å². The van der Waals surface area contributed by atoms with Gasteiger partial charge in [0.25, 0.3) is 0 Å². The normalized spacial score (nSPS) is 12.0. The van der Waals surface area contributed by atoms with E-state index < -0.39 is 0 Å². The van der Waals surface area contributed by atoms with Crippen molar-refractivity contribution >= 4 is 11.9 Å². The van der Waals surface area contributed by atoms with Crippen LogP contribution in [-0.2, 0) is 7.05 Å². The fraction of sp³-hybridized carbons (Fsp3) is 0.182. The van der Waals surface area contributed by atoms with Gasteiger partial charge in [-0.15, -0.1) is 0 Å². The summed E-state index contributed by atoms with van der Waals surface area (Å²) in [7, 11) is 3.74. The van der Waals surface area contributed by atoms with Crippen LogP contribution in [0, 0.1) is 0 Å². The van der Waals surface area contributed by atoms with E-state index in [4.69, 9.17) is 0 Å². The number of aliphatic imine (C=N–C) groups is 1. The molecule has 1 heterocycles. The van der Waals surface area contributed by atoms with Crippen LogP contribution in [0.2, 0.25) is 0 Å². The maximum absolute atomic E-state index is 4.05. The third kappa shape index (κ3) is 2.62. The van der Waals surface area contributed by atoms with Crippen molar-refractivity contribution in [2.24, 2.45) is 12.0 Å². The fourth-order valence-electron chi connectivity index (χ4n) is 1.10. The molecule has 0 unspecified atom stereocenters. The van der Waals surface area contributed by atoms with E-state index in [1.165, 1.54) is 0 Å². The van der Waals surface area contributed by atoms with Crippen molar-refractivity contribution in [3.05, 3.63) is 42.9 Å². The van der Waals surface area contributed by atoms with Gasteiger partial charge in [-0.3, -0.25) is 4.99 Å². The number of nitrogens with zero attached hydrogens (tertiary/aromatic N) is 2. The number of hydrogen-bond donors (Lipinski definition) is 1. The molecular weight excluding hydrogens is 174 g/mol. The zero-order chi connectivity index (χ0) is 10.4. The lowest BCUT2D eigenvalue weighted by Gasteiger charge is -1.99. The van der Waals surface area contributed by atoms with Gasteiger partial charge in [0.1, 0.15) is 5.84 Å². The largest absolute Gasteiger partial charge is 0.351 e. The van der Waals surface area contributed by atoms with Crippen molar-refractivity contribution in [3.63, 3.8) is 0 Å². The van der Waals surface area contributed by atoms with Crippen molar-refractivity contribution in [3.8, 4) is 0 Å². The average molecular weight is 189 g/mol. The monoisotopic (exact) mass is 189 g/mol. The SMILES string of the molecule is C=CNC(/C=C/c1cccn1C)=NC. The third-order valence-corrected chi connectivity index (χ3v) is 1.89. The van der Waals surface area contributed by atoms with E-state index >= 15 is 0 Å². The molecule has 0 aliphatic carbocycles. The lowest BCUT2D eigenvalue weighted by Crippen LogP contribution is -2.13. The molecule has 0 aromatic carbocycles. The summed E-state index contributed by atoms with van der Waals surface area (Å²) in [6, 6.07) is 4.04. The molecule has 0 atom stereocenters. The van der Waals surface area contributed by atoms with E-state index in [1.54, 1.807) is 13.2 Å². The Bertz CT molecular complexity index is 358. The maximum atomic E-state index is 4.05. The Kier molecular flexibility index (Phi) is 3.73. The van der Waals surface area contributed by atoms with Crippen molar-refractivity contribution in [1.82, 2.24) is 9.88 Å². The highest BCUT2D eigenvalue weighted by molar-refractivity contribution is 5.96. The molecule has 1 aromatic heterocycles. The second kappa shape index (κ2) is 5.07. The van der Waals surface area contributed by atoms with Crippen LogP contribution in [0.1, 0.15) is 5.69 Å².